The Kier molecular flexibility index (Phi) is 5.24. The number of aliphatic hydroxyl groups is 1. The van der Waals surface area contributed by atoms with Gasteiger partial charge >= 0.3 is 0 Å². The number of alkyl halides is 2. The van der Waals surface area contributed by atoms with Gasteiger partial charge < -0.3 is 15.4 Å². The fraction of sp³-hybridized carbons (Fsp3) is 0.455. The van der Waals surface area contributed by atoms with E-state index >= 15 is 0 Å². The first kappa shape index (κ1) is 20.7. The van der Waals surface area contributed by atoms with E-state index in [2.05, 4.69) is 30.6 Å². The van der Waals surface area contributed by atoms with Crippen molar-refractivity contribution in [2.75, 3.05) is 5.32 Å². The van der Waals surface area contributed by atoms with Crippen molar-refractivity contribution >= 4 is 28.0 Å². The summed E-state index contributed by atoms with van der Waals surface area (Å²) in [6, 6.07) is 5.70. The van der Waals surface area contributed by atoms with E-state index < -0.39 is 18.6 Å². The van der Waals surface area contributed by atoms with Crippen LogP contribution in [0.2, 0.25) is 0 Å². The van der Waals surface area contributed by atoms with Crippen molar-refractivity contribution in [2.45, 2.75) is 63.6 Å². The van der Waals surface area contributed by atoms with E-state index in [0.717, 1.165) is 48.6 Å². The van der Waals surface area contributed by atoms with Gasteiger partial charge in [-0.2, -0.15) is 4.98 Å². The number of hydrogen-bond acceptors (Lipinski definition) is 6. The number of nitrogens with zero attached hydrogens (tertiary/aromatic N) is 5. The fourth-order valence-electron chi connectivity index (χ4n) is 4.45. The summed E-state index contributed by atoms with van der Waals surface area (Å²) >= 11 is 0. The van der Waals surface area contributed by atoms with Crippen molar-refractivity contribution in [1.82, 2.24) is 29.9 Å². The second-order valence-electron chi connectivity index (χ2n) is 8.52. The molecule has 0 radical (unpaired) electrons. The van der Waals surface area contributed by atoms with Gasteiger partial charge in [0.2, 0.25) is 5.95 Å². The van der Waals surface area contributed by atoms with Gasteiger partial charge in [-0.1, -0.05) is 18.2 Å². The van der Waals surface area contributed by atoms with Crippen LogP contribution in [-0.2, 0) is 6.54 Å². The van der Waals surface area contributed by atoms with E-state index in [0.29, 0.717) is 22.6 Å². The van der Waals surface area contributed by atoms with Gasteiger partial charge in [0, 0.05) is 29.4 Å². The number of benzene rings is 1. The van der Waals surface area contributed by atoms with Crippen molar-refractivity contribution in [3.63, 3.8) is 0 Å². The summed E-state index contributed by atoms with van der Waals surface area (Å²) in [6.07, 6.45) is 5.18. The molecule has 1 aliphatic carbocycles. The average molecular weight is 441 g/mol. The highest BCUT2D eigenvalue weighted by Crippen LogP contribution is 2.33. The van der Waals surface area contributed by atoms with Gasteiger partial charge in [0.25, 0.3) is 6.43 Å². The Labute approximate surface area is 183 Å². The molecule has 1 aliphatic rings. The zero-order chi connectivity index (χ0) is 22.3. The first-order chi connectivity index (χ1) is 15.4. The fourth-order valence-corrected chi connectivity index (χ4v) is 4.45. The van der Waals surface area contributed by atoms with Crippen LogP contribution in [0.4, 0.5) is 14.7 Å². The van der Waals surface area contributed by atoms with Crippen LogP contribution in [0.15, 0.2) is 30.6 Å². The molecule has 8 nitrogen and oxygen atoms in total. The molecule has 3 N–H and O–H groups in total. The quantitative estimate of drug-likeness (QED) is 0.416. The monoisotopic (exact) mass is 441 g/mol. The van der Waals surface area contributed by atoms with E-state index in [-0.39, 0.29) is 6.04 Å². The molecule has 4 aromatic rings. The minimum Gasteiger partial charge on any atom is -0.390 e. The molecule has 5 rings (SSSR count). The second-order valence-corrected chi connectivity index (χ2v) is 8.52. The van der Waals surface area contributed by atoms with Crippen LogP contribution in [0.3, 0.4) is 0 Å². The summed E-state index contributed by atoms with van der Waals surface area (Å²) < 4.78 is 26.9. The van der Waals surface area contributed by atoms with Crippen LogP contribution in [-0.4, -0.2) is 53.1 Å². The molecular formula is C22H25F2N7O. The summed E-state index contributed by atoms with van der Waals surface area (Å²) in [5.74, 6) is 0.549. The maximum absolute atomic E-state index is 12.8. The third-order valence-electron chi connectivity index (χ3n) is 6.48. The predicted molar refractivity (Wildman–Crippen MR) is 118 cm³/mol. The van der Waals surface area contributed by atoms with E-state index in [1.165, 1.54) is 4.68 Å². The Morgan fingerprint density at radius 1 is 1.31 bits per heavy atom. The van der Waals surface area contributed by atoms with Crippen LogP contribution in [0.1, 0.15) is 39.0 Å². The molecule has 0 atom stereocenters. The molecular weight excluding hydrogens is 416 g/mol. The molecule has 0 aliphatic heterocycles. The Morgan fingerprint density at radius 2 is 2.12 bits per heavy atom. The molecule has 1 aromatic carbocycles. The average Bonchev–Trinajstić information content (AvgIpc) is 3.38. The summed E-state index contributed by atoms with van der Waals surface area (Å²) in [6.45, 7) is 1.53. The molecule has 168 valence electrons. The highest BCUT2D eigenvalue weighted by molar-refractivity contribution is 5.95. The van der Waals surface area contributed by atoms with Gasteiger partial charge in [-0.3, -0.25) is 0 Å². The normalized spacial score (nSPS) is 21.6. The van der Waals surface area contributed by atoms with Crippen molar-refractivity contribution in [2.24, 2.45) is 0 Å². The number of aromatic nitrogens is 6. The van der Waals surface area contributed by atoms with Crippen LogP contribution in [0.25, 0.3) is 33.2 Å². The smallest absolute Gasteiger partial charge is 0.258 e. The van der Waals surface area contributed by atoms with Gasteiger partial charge in [-0.05, 0) is 49.8 Å². The Hall–Kier alpha value is -3.14. The molecule has 3 heterocycles. The topological polar surface area (TPSA) is 105 Å². The van der Waals surface area contributed by atoms with Crippen molar-refractivity contribution in [1.29, 1.82) is 0 Å². The lowest BCUT2D eigenvalue weighted by atomic mass is 9.80. The highest BCUT2D eigenvalue weighted by atomic mass is 19.3. The molecule has 3 aromatic heterocycles. The second kappa shape index (κ2) is 8.09. The number of rotatable bonds is 6. The van der Waals surface area contributed by atoms with E-state index in [1.807, 2.05) is 25.3 Å². The van der Waals surface area contributed by atoms with Gasteiger partial charge in [-0.25, -0.2) is 18.4 Å². The van der Waals surface area contributed by atoms with Crippen LogP contribution in [0.5, 0.6) is 0 Å². The van der Waals surface area contributed by atoms with E-state index in [9.17, 15) is 13.9 Å². The van der Waals surface area contributed by atoms with Gasteiger partial charge in [-0.15, -0.1) is 5.10 Å². The zero-order valence-corrected chi connectivity index (χ0v) is 17.7. The predicted octanol–water partition coefficient (Wildman–Crippen LogP) is 4.13. The Bertz CT molecular complexity index is 1240. The summed E-state index contributed by atoms with van der Waals surface area (Å²) in [7, 11) is 0. The van der Waals surface area contributed by atoms with Gasteiger partial charge in [0.15, 0.2) is 0 Å². The Morgan fingerprint density at radius 3 is 2.88 bits per heavy atom. The standard InChI is InChI=1S/C22H25F2N7O/c1-2-22(32)7-5-14(6-8-22)27-21-26-11-16-15(10-25-20(16)28-21)13-3-4-17-18(9-13)31(30-29-17)12-19(23)24/h3-4,9-11,14,19,32H,2,5-8,12H2,1H3,(H2,25,26,27,28)/t14-,22+. The number of nitrogens with one attached hydrogen (secondary N) is 2. The number of anilines is 1. The number of halogens is 2. The van der Waals surface area contributed by atoms with Crippen LogP contribution >= 0.6 is 0 Å². The molecule has 0 bridgehead atoms. The summed E-state index contributed by atoms with van der Waals surface area (Å²) in [4.78, 5) is 12.3. The lowest BCUT2D eigenvalue weighted by Crippen LogP contribution is -2.38. The molecule has 0 saturated heterocycles. The molecule has 0 spiro atoms. The maximum Gasteiger partial charge on any atom is 0.258 e. The van der Waals surface area contributed by atoms with Crippen molar-refractivity contribution in [3.8, 4) is 11.1 Å². The van der Waals surface area contributed by atoms with Crippen molar-refractivity contribution in [3.05, 3.63) is 30.6 Å². The molecule has 1 fully saturated rings. The molecule has 10 heteroatoms. The molecule has 32 heavy (non-hydrogen) atoms. The minimum absolute atomic E-state index is 0.235. The lowest BCUT2D eigenvalue weighted by molar-refractivity contribution is -0.00198. The SMILES string of the molecule is CC[C@]1(O)CC[C@@H](Nc2ncc3c(-c4ccc5nnn(CC(F)F)c5c4)c[nH]c3n2)CC1. The molecule has 0 unspecified atom stereocenters. The largest absolute Gasteiger partial charge is 0.390 e. The number of hydrogen-bond donors (Lipinski definition) is 3. The first-order valence-electron chi connectivity index (χ1n) is 10.9. The summed E-state index contributed by atoms with van der Waals surface area (Å²) in [5, 5.41) is 22.4. The van der Waals surface area contributed by atoms with Crippen LogP contribution < -0.4 is 5.32 Å². The number of aromatic amines is 1. The van der Waals surface area contributed by atoms with E-state index in [4.69, 9.17) is 0 Å². The Balaban J connectivity index is 1.38. The van der Waals surface area contributed by atoms with Gasteiger partial charge in [0.1, 0.15) is 17.7 Å². The number of fused-ring (bicyclic) bond motifs is 2. The number of H-pyrrole nitrogens is 1. The van der Waals surface area contributed by atoms with Crippen molar-refractivity contribution < 1.29 is 13.9 Å². The maximum atomic E-state index is 12.8. The van der Waals surface area contributed by atoms with Crippen LogP contribution in [0, 0.1) is 0 Å². The zero-order valence-electron chi connectivity index (χ0n) is 17.7. The third kappa shape index (κ3) is 3.90. The van der Waals surface area contributed by atoms with Gasteiger partial charge in [0.05, 0.1) is 11.1 Å². The molecule has 1 saturated carbocycles. The highest BCUT2D eigenvalue weighted by Gasteiger charge is 2.31. The van der Waals surface area contributed by atoms with E-state index in [1.54, 1.807) is 12.3 Å². The lowest BCUT2D eigenvalue weighted by Gasteiger charge is -2.35. The summed E-state index contributed by atoms with van der Waals surface area (Å²) in [5.41, 5.74) is 3.00. The molecule has 0 amide bonds. The first-order valence-corrected chi connectivity index (χ1v) is 10.9. The third-order valence-corrected chi connectivity index (χ3v) is 6.48. The minimum atomic E-state index is -2.50.